The van der Waals surface area contributed by atoms with Gasteiger partial charge in [-0.2, -0.15) is 0 Å². The molecular weight excluding hydrogens is 340 g/mol. The average Bonchev–Trinajstić information content (AvgIpc) is 2.49. The summed E-state index contributed by atoms with van der Waals surface area (Å²) in [6.45, 7) is -0.163. The predicted molar refractivity (Wildman–Crippen MR) is 81.3 cm³/mol. The van der Waals surface area contributed by atoms with E-state index >= 15 is 0 Å². The number of hydrogen-bond donors (Lipinski definition) is 1. The number of nitrogens with zero attached hydrogens (tertiary/aromatic N) is 1. The molecule has 1 aromatic carbocycles. The molecule has 2 saturated heterocycles. The molecule has 2 aliphatic rings. The van der Waals surface area contributed by atoms with Crippen molar-refractivity contribution in [3.05, 3.63) is 34.9 Å². The van der Waals surface area contributed by atoms with Crippen molar-refractivity contribution in [2.45, 2.75) is 37.0 Å². The first-order valence-corrected chi connectivity index (χ1v) is 8.08. The highest BCUT2D eigenvalue weighted by Crippen LogP contribution is 2.42. The van der Waals surface area contributed by atoms with E-state index in [2.05, 4.69) is 5.32 Å². The number of nitrogens with one attached hydrogen (secondary N) is 1. The van der Waals surface area contributed by atoms with Crippen molar-refractivity contribution in [1.82, 2.24) is 10.2 Å². The zero-order valence-electron chi connectivity index (χ0n) is 13.6. The van der Waals surface area contributed by atoms with Gasteiger partial charge in [-0.05, 0) is 44.1 Å². The highest BCUT2D eigenvalue weighted by Gasteiger charge is 2.46. The second-order valence-electron chi connectivity index (χ2n) is 6.74. The minimum Gasteiger partial charge on any atom is -0.301 e. The molecule has 2 amide bonds. The number of halogens is 4. The van der Waals surface area contributed by atoms with Gasteiger partial charge in [-0.1, -0.05) is 0 Å². The fourth-order valence-corrected chi connectivity index (χ4v) is 3.59. The summed E-state index contributed by atoms with van der Waals surface area (Å²) >= 11 is 0. The van der Waals surface area contributed by atoms with Crippen molar-refractivity contribution in [2.24, 2.45) is 0 Å². The van der Waals surface area contributed by atoms with E-state index in [9.17, 15) is 27.2 Å². The molecule has 2 unspecified atom stereocenters. The zero-order chi connectivity index (χ0) is 18.4. The highest BCUT2D eigenvalue weighted by atomic mass is 19.3. The van der Waals surface area contributed by atoms with Crippen LogP contribution in [-0.2, 0) is 9.59 Å². The number of carbonyl (C=O) groups is 2. The van der Waals surface area contributed by atoms with Crippen molar-refractivity contribution in [3.8, 4) is 0 Å². The first-order chi connectivity index (χ1) is 11.7. The van der Waals surface area contributed by atoms with E-state index in [0.29, 0.717) is 6.54 Å². The topological polar surface area (TPSA) is 49.4 Å². The second-order valence-corrected chi connectivity index (χ2v) is 6.74. The molecule has 2 atom stereocenters. The van der Waals surface area contributed by atoms with Gasteiger partial charge in [-0.15, -0.1) is 0 Å². The quantitative estimate of drug-likeness (QED) is 0.653. The molecule has 8 heteroatoms. The molecule has 1 aromatic rings. The molecule has 0 bridgehead atoms. The van der Waals surface area contributed by atoms with Crippen molar-refractivity contribution in [2.75, 3.05) is 20.1 Å². The maximum absolute atomic E-state index is 14.5. The minimum atomic E-state index is -3.17. The molecule has 0 aliphatic carbocycles. The Labute approximate surface area is 142 Å². The van der Waals surface area contributed by atoms with Gasteiger partial charge in [0, 0.05) is 12.0 Å². The van der Waals surface area contributed by atoms with Crippen LogP contribution in [0.15, 0.2) is 12.1 Å². The van der Waals surface area contributed by atoms with Crippen LogP contribution in [-0.4, -0.2) is 42.8 Å². The molecule has 0 radical (unpaired) electrons. The smallest absolute Gasteiger partial charge is 0.267 e. The van der Waals surface area contributed by atoms with E-state index in [1.807, 2.05) is 0 Å². The van der Waals surface area contributed by atoms with E-state index in [1.54, 1.807) is 7.05 Å². The Kier molecular flexibility index (Phi) is 4.57. The molecule has 25 heavy (non-hydrogen) atoms. The number of rotatable bonds is 2. The number of amides is 2. The van der Waals surface area contributed by atoms with Crippen LogP contribution in [0.1, 0.15) is 42.2 Å². The molecule has 2 heterocycles. The predicted octanol–water partition coefficient (Wildman–Crippen LogP) is 2.54. The Hall–Kier alpha value is -1.96. The van der Waals surface area contributed by atoms with E-state index in [-0.39, 0.29) is 30.4 Å². The van der Waals surface area contributed by atoms with Gasteiger partial charge in [-0.3, -0.25) is 14.9 Å². The molecule has 0 aromatic heterocycles. The summed E-state index contributed by atoms with van der Waals surface area (Å²) < 4.78 is 57.5. The van der Waals surface area contributed by atoms with Crippen LogP contribution in [0.5, 0.6) is 0 Å². The fraction of sp³-hybridized carbons (Fsp3) is 0.529. The second kappa shape index (κ2) is 6.40. The maximum atomic E-state index is 14.5. The molecule has 0 spiro atoms. The van der Waals surface area contributed by atoms with Crippen LogP contribution < -0.4 is 5.32 Å². The van der Waals surface area contributed by atoms with Crippen molar-refractivity contribution in [3.63, 3.8) is 0 Å². The van der Waals surface area contributed by atoms with Gasteiger partial charge in [-0.25, -0.2) is 17.6 Å². The summed E-state index contributed by atoms with van der Waals surface area (Å²) in [5.41, 5.74) is -0.575. The summed E-state index contributed by atoms with van der Waals surface area (Å²) in [6.07, 6.45) is 0.0919. The summed E-state index contributed by atoms with van der Waals surface area (Å²) in [4.78, 5) is 24.5. The number of hydrogen-bond acceptors (Lipinski definition) is 3. The Bertz CT molecular complexity index is 723. The lowest BCUT2D eigenvalue weighted by molar-refractivity contribution is -0.134. The van der Waals surface area contributed by atoms with Gasteiger partial charge in [0.05, 0.1) is 18.4 Å². The molecule has 0 saturated carbocycles. The summed E-state index contributed by atoms with van der Waals surface area (Å²) in [7, 11) is 1.55. The third-order valence-electron chi connectivity index (χ3n) is 4.90. The monoisotopic (exact) mass is 358 g/mol. The van der Waals surface area contributed by atoms with Crippen molar-refractivity contribution < 1.29 is 27.2 Å². The van der Waals surface area contributed by atoms with Crippen LogP contribution in [0.25, 0.3) is 0 Å². The van der Waals surface area contributed by atoms with E-state index in [0.717, 1.165) is 12.1 Å². The number of alkyl halides is 2. The van der Waals surface area contributed by atoms with E-state index in [1.165, 1.54) is 4.90 Å². The van der Waals surface area contributed by atoms with Crippen LogP contribution in [0, 0.1) is 11.6 Å². The Balaban J connectivity index is 1.93. The van der Waals surface area contributed by atoms with Crippen LogP contribution in [0.3, 0.4) is 0 Å². The Morgan fingerprint density at radius 1 is 1.12 bits per heavy atom. The van der Waals surface area contributed by atoms with Gasteiger partial charge in [0.15, 0.2) is 0 Å². The number of carbonyl (C=O) groups excluding carboxylic acids is 2. The molecular formula is C17H18F4N2O2. The van der Waals surface area contributed by atoms with Gasteiger partial charge < -0.3 is 4.90 Å². The van der Waals surface area contributed by atoms with Crippen LogP contribution in [0.4, 0.5) is 17.6 Å². The number of likely N-dealkylation sites (tertiary alicyclic amines) is 1. The number of benzene rings is 1. The summed E-state index contributed by atoms with van der Waals surface area (Å²) in [5.74, 6) is -8.60. The first kappa shape index (κ1) is 17.8. The standard InChI is InChI=1S/C17H18F4N2O2/c1-23-5-4-12(17(20,21)8-23)11-7-13(18)10(6-14(11)19)9-2-3-15(24)22-16(9)25/h6-7,9,12H,2-5,8H2,1H3,(H,22,24,25). The van der Waals surface area contributed by atoms with E-state index in [4.69, 9.17) is 0 Å². The van der Waals surface area contributed by atoms with Crippen molar-refractivity contribution in [1.29, 1.82) is 0 Å². The normalized spacial score (nSPS) is 27.2. The molecule has 2 fully saturated rings. The Morgan fingerprint density at radius 3 is 2.40 bits per heavy atom. The lowest BCUT2D eigenvalue weighted by Crippen LogP contribution is -2.45. The fourth-order valence-electron chi connectivity index (χ4n) is 3.59. The molecule has 1 N–H and O–H groups in total. The summed E-state index contributed by atoms with van der Waals surface area (Å²) in [6, 6.07) is 1.59. The highest BCUT2D eigenvalue weighted by molar-refractivity contribution is 6.00. The average molecular weight is 358 g/mol. The third-order valence-corrected chi connectivity index (χ3v) is 4.90. The number of piperidine rings is 2. The zero-order valence-corrected chi connectivity index (χ0v) is 13.6. The Morgan fingerprint density at radius 2 is 1.76 bits per heavy atom. The summed E-state index contributed by atoms with van der Waals surface area (Å²) in [5, 5.41) is 2.08. The van der Waals surface area contributed by atoms with Gasteiger partial charge in [0.2, 0.25) is 11.8 Å². The molecule has 2 aliphatic heterocycles. The first-order valence-electron chi connectivity index (χ1n) is 8.08. The number of imide groups is 1. The maximum Gasteiger partial charge on any atom is 0.267 e. The molecule has 4 nitrogen and oxygen atoms in total. The van der Waals surface area contributed by atoms with Crippen LogP contribution >= 0.6 is 0 Å². The third kappa shape index (κ3) is 3.40. The van der Waals surface area contributed by atoms with Gasteiger partial charge in [0.1, 0.15) is 11.6 Å². The van der Waals surface area contributed by atoms with Gasteiger partial charge in [0.25, 0.3) is 5.92 Å². The lowest BCUT2D eigenvalue weighted by Gasteiger charge is -2.37. The SMILES string of the molecule is CN1CCC(c2cc(F)c(C3CCC(=O)NC3=O)cc2F)C(F)(F)C1. The van der Waals surface area contributed by atoms with E-state index < -0.39 is 47.8 Å². The van der Waals surface area contributed by atoms with Crippen LogP contribution in [0.2, 0.25) is 0 Å². The van der Waals surface area contributed by atoms with Gasteiger partial charge >= 0.3 is 0 Å². The lowest BCUT2D eigenvalue weighted by atomic mass is 9.83. The largest absolute Gasteiger partial charge is 0.301 e. The molecule has 136 valence electrons. The molecule has 3 rings (SSSR count). The minimum absolute atomic E-state index is 0.0115. The van der Waals surface area contributed by atoms with Crippen molar-refractivity contribution >= 4 is 11.8 Å².